The van der Waals surface area contributed by atoms with Gasteiger partial charge in [0.15, 0.2) is 6.61 Å². The minimum atomic E-state index is -0.576. The van der Waals surface area contributed by atoms with Crippen LogP contribution in [0.5, 0.6) is 5.75 Å². The molecule has 0 spiro atoms. The summed E-state index contributed by atoms with van der Waals surface area (Å²) < 4.78 is 5.34. The molecule has 1 fully saturated rings. The molecule has 5 nitrogen and oxygen atoms in total. The van der Waals surface area contributed by atoms with Gasteiger partial charge < -0.3 is 15.8 Å². The summed E-state index contributed by atoms with van der Waals surface area (Å²) in [5, 5.41) is 3.03. The highest BCUT2D eigenvalue weighted by Gasteiger charge is 2.38. The first-order valence-electron chi connectivity index (χ1n) is 8.45. The number of ether oxygens (including phenoxy) is 1. The first-order chi connectivity index (χ1) is 12.1. The lowest BCUT2D eigenvalue weighted by atomic mass is 9.64. The lowest BCUT2D eigenvalue weighted by Crippen LogP contribution is -2.45. The molecular formula is C20H22N2O3. The Morgan fingerprint density at radius 2 is 1.72 bits per heavy atom. The number of carbonyl (C=O) groups is 2. The average molecular weight is 338 g/mol. The van der Waals surface area contributed by atoms with Crippen molar-refractivity contribution in [2.24, 2.45) is 5.73 Å². The zero-order valence-corrected chi connectivity index (χ0v) is 14.0. The number of hydrogen-bond donors (Lipinski definition) is 2. The van der Waals surface area contributed by atoms with Gasteiger partial charge in [-0.3, -0.25) is 9.59 Å². The van der Waals surface area contributed by atoms with E-state index in [1.54, 1.807) is 24.3 Å². The normalized spacial score (nSPS) is 15.0. The molecule has 0 aliphatic heterocycles. The Hall–Kier alpha value is -2.82. The fraction of sp³-hybridized carbons (Fsp3) is 0.300. The van der Waals surface area contributed by atoms with Crippen molar-refractivity contribution in [3.63, 3.8) is 0 Å². The fourth-order valence-electron chi connectivity index (χ4n) is 3.24. The van der Waals surface area contributed by atoms with Gasteiger partial charge in [-0.25, -0.2) is 0 Å². The zero-order valence-electron chi connectivity index (χ0n) is 14.0. The molecule has 5 heteroatoms. The third-order valence-corrected chi connectivity index (χ3v) is 4.79. The minimum absolute atomic E-state index is 0.0138. The molecule has 0 unspecified atom stereocenters. The Kier molecular flexibility index (Phi) is 5.03. The molecular weight excluding hydrogens is 316 g/mol. The Morgan fingerprint density at radius 3 is 2.36 bits per heavy atom. The van der Waals surface area contributed by atoms with E-state index in [0.29, 0.717) is 17.9 Å². The van der Waals surface area contributed by atoms with Crippen LogP contribution in [0.2, 0.25) is 0 Å². The van der Waals surface area contributed by atoms with Crippen LogP contribution in [0.1, 0.15) is 35.2 Å². The number of amides is 2. The van der Waals surface area contributed by atoms with Crippen LogP contribution in [-0.4, -0.2) is 25.0 Å². The molecule has 0 bridgehead atoms. The van der Waals surface area contributed by atoms with Crippen LogP contribution in [-0.2, 0) is 10.2 Å². The van der Waals surface area contributed by atoms with Crippen molar-refractivity contribution in [3.05, 3.63) is 65.7 Å². The van der Waals surface area contributed by atoms with E-state index >= 15 is 0 Å². The maximum atomic E-state index is 12.6. The second-order valence-corrected chi connectivity index (χ2v) is 6.43. The molecule has 2 aromatic carbocycles. The predicted octanol–water partition coefficient (Wildman–Crippen LogP) is 2.40. The van der Waals surface area contributed by atoms with Gasteiger partial charge in [0.25, 0.3) is 11.8 Å². The van der Waals surface area contributed by atoms with E-state index in [4.69, 9.17) is 10.5 Å². The highest BCUT2D eigenvalue weighted by molar-refractivity contribution is 5.97. The summed E-state index contributed by atoms with van der Waals surface area (Å²) >= 11 is 0. The van der Waals surface area contributed by atoms with Crippen LogP contribution in [0.4, 0.5) is 0 Å². The molecule has 0 atom stereocenters. The van der Waals surface area contributed by atoms with Gasteiger partial charge in [0.2, 0.25) is 0 Å². The minimum Gasteiger partial charge on any atom is -0.483 e. The molecule has 1 saturated carbocycles. The first-order valence-corrected chi connectivity index (χ1v) is 8.45. The summed E-state index contributed by atoms with van der Waals surface area (Å²) in [5.74, 6) is -0.420. The van der Waals surface area contributed by atoms with Crippen molar-refractivity contribution >= 4 is 11.8 Å². The van der Waals surface area contributed by atoms with Crippen molar-refractivity contribution in [2.45, 2.75) is 24.7 Å². The molecule has 2 amide bonds. The van der Waals surface area contributed by atoms with E-state index in [0.717, 1.165) is 12.8 Å². The van der Waals surface area contributed by atoms with Crippen LogP contribution in [0.3, 0.4) is 0 Å². The SMILES string of the molecule is NC(=O)COc1ccccc1C(=O)NCC1(c2ccccc2)CCC1. The molecule has 2 aromatic rings. The number of benzene rings is 2. The molecule has 25 heavy (non-hydrogen) atoms. The monoisotopic (exact) mass is 338 g/mol. The third-order valence-electron chi connectivity index (χ3n) is 4.79. The van der Waals surface area contributed by atoms with Crippen molar-refractivity contribution in [3.8, 4) is 5.75 Å². The quantitative estimate of drug-likeness (QED) is 0.813. The van der Waals surface area contributed by atoms with Gasteiger partial charge in [-0.15, -0.1) is 0 Å². The van der Waals surface area contributed by atoms with Gasteiger partial charge in [-0.2, -0.15) is 0 Å². The summed E-state index contributed by atoms with van der Waals surface area (Å²) in [5.41, 5.74) is 6.79. The number of rotatable bonds is 7. The van der Waals surface area contributed by atoms with Gasteiger partial charge in [0, 0.05) is 12.0 Å². The molecule has 1 aliphatic carbocycles. The third kappa shape index (κ3) is 3.82. The molecule has 0 heterocycles. The van der Waals surface area contributed by atoms with Gasteiger partial charge in [-0.05, 0) is 30.5 Å². The van der Waals surface area contributed by atoms with Crippen LogP contribution >= 0.6 is 0 Å². The van der Waals surface area contributed by atoms with Crippen LogP contribution in [0.25, 0.3) is 0 Å². The van der Waals surface area contributed by atoms with Gasteiger partial charge in [0.1, 0.15) is 5.75 Å². The van der Waals surface area contributed by atoms with Gasteiger partial charge >= 0.3 is 0 Å². The van der Waals surface area contributed by atoms with E-state index < -0.39 is 5.91 Å². The topological polar surface area (TPSA) is 81.4 Å². The second kappa shape index (κ2) is 7.38. The first kappa shape index (κ1) is 17.0. The molecule has 1 aliphatic rings. The van der Waals surface area contributed by atoms with Gasteiger partial charge in [-0.1, -0.05) is 48.9 Å². The van der Waals surface area contributed by atoms with Crippen molar-refractivity contribution in [1.82, 2.24) is 5.32 Å². The fourth-order valence-corrected chi connectivity index (χ4v) is 3.24. The summed E-state index contributed by atoms with van der Waals surface area (Å²) in [6.07, 6.45) is 3.30. The Balaban J connectivity index is 1.69. The highest BCUT2D eigenvalue weighted by Crippen LogP contribution is 2.43. The van der Waals surface area contributed by atoms with E-state index in [1.165, 1.54) is 12.0 Å². The van der Waals surface area contributed by atoms with Crippen LogP contribution in [0.15, 0.2) is 54.6 Å². The summed E-state index contributed by atoms with van der Waals surface area (Å²) in [7, 11) is 0. The summed E-state index contributed by atoms with van der Waals surface area (Å²) in [4.78, 5) is 23.5. The summed E-state index contributed by atoms with van der Waals surface area (Å²) in [6, 6.07) is 17.2. The van der Waals surface area contributed by atoms with E-state index in [1.807, 2.05) is 18.2 Å². The molecule has 130 valence electrons. The lowest BCUT2D eigenvalue weighted by molar-refractivity contribution is -0.119. The number of nitrogens with two attached hydrogens (primary N) is 1. The molecule has 3 rings (SSSR count). The number of nitrogens with one attached hydrogen (secondary N) is 1. The standard InChI is InChI=1S/C20H22N2O3/c21-18(23)13-25-17-10-5-4-9-16(17)19(24)22-14-20(11-6-12-20)15-7-2-1-3-8-15/h1-5,7-10H,6,11-14H2,(H2,21,23)(H,22,24). The van der Waals surface area contributed by atoms with Crippen LogP contribution < -0.4 is 15.8 Å². The van der Waals surface area contributed by atoms with Crippen LogP contribution in [0, 0.1) is 0 Å². The molecule has 0 aromatic heterocycles. The maximum Gasteiger partial charge on any atom is 0.255 e. The maximum absolute atomic E-state index is 12.6. The van der Waals surface area contributed by atoms with Gasteiger partial charge in [0.05, 0.1) is 5.56 Å². The Bertz CT molecular complexity index is 755. The summed E-state index contributed by atoms with van der Waals surface area (Å²) in [6.45, 7) is 0.332. The molecule has 0 saturated heterocycles. The van der Waals surface area contributed by atoms with E-state index in [-0.39, 0.29) is 17.9 Å². The van der Waals surface area contributed by atoms with Crippen molar-refractivity contribution in [1.29, 1.82) is 0 Å². The predicted molar refractivity (Wildman–Crippen MR) is 95.4 cm³/mol. The lowest BCUT2D eigenvalue weighted by Gasteiger charge is -2.42. The number of para-hydroxylation sites is 1. The zero-order chi connectivity index (χ0) is 17.7. The van der Waals surface area contributed by atoms with E-state index in [9.17, 15) is 9.59 Å². The highest BCUT2D eigenvalue weighted by atomic mass is 16.5. The van der Waals surface area contributed by atoms with Crippen molar-refractivity contribution < 1.29 is 14.3 Å². The molecule has 0 radical (unpaired) electrons. The Labute approximate surface area is 147 Å². The average Bonchev–Trinajstić information content (AvgIpc) is 2.60. The number of primary amides is 1. The molecule has 3 N–H and O–H groups in total. The number of carbonyl (C=O) groups excluding carboxylic acids is 2. The smallest absolute Gasteiger partial charge is 0.255 e. The second-order valence-electron chi connectivity index (χ2n) is 6.43. The van der Waals surface area contributed by atoms with Crippen molar-refractivity contribution in [2.75, 3.05) is 13.2 Å². The Morgan fingerprint density at radius 1 is 1.04 bits per heavy atom. The number of hydrogen-bond acceptors (Lipinski definition) is 3. The van der Waals surface area contributed by atoms with E-state index in [2.05, 4.69) is 17.4 Å². The largest absolute Gasteiger partial charge is 0.483 e.